The van der Waals surface area contributed by atoms with Crippen LogP contribution >= 0.6 is 21.8 Å². The van der Waals surface area contributed by atoms with E-state index in [1.165, 1.54) is 11.0 Å². The molecule has 2 atom stereocenters. The molecule has 2 N–H and O–H groups in total. The van der Waals surface area contributed by atoms with Gasteiger partial charge in [0.15, 0.2) is 0 Å². The first kappa shape index (κ1) is 13.7. The number of hydrogen-bond acceptors (Lipinski definition) is 6. The lowest BCUT2D eigenvalue weighted by molar-refractivity contribution is 0.548. The second kappa shape index (κ2) is 7.01. The van der Waals surface area contributed by atoms with E-state index in [9.17, 15) is 0 Å². The minimum atomic E-state index is 0.284. The third-order valence-corrected chi connectivity index (χ3v) is 4.93. The fourth-order valence-electron chi connectivity index (χ4n) is 1.75. The second-order valence-corrected chi connectivity index (χ2v) is 6.30. The van der Waals surface area contributed by atoms with Crippen molar-refractivity contribution >= 4 is 27.5 Å². The normalized spacial score (nSPS) is 21.0. The van der Waals surface area contributed by atoms with Crippen molar-refractivity contribution in [2.75, 3.05) is 5.01 Å². The van der Waals surface area contributed by atoms with Gasteiger partial charge in [0.25, 0.3) is 0 Å². The van der Waals surface area contributed by atoms with Crippen molar-refractivity contribution in [2.45, 2.75) is 37.6 Å². The summed E-state index contributed by atoms with van der Waals surface area (Å²) in [6, 6.07) is 10.4. The van der Waals surface area contributed by atoms with Crippen LogP contribution in [0.2, 0.25) is 0 Å². The van der Waals surface area contributed by atoms with E-state index in [-0.39, 0.29) is 6.04 Å². The largest absolute Gasteiger partial charge is 0.328 e. The lowest BCUT2D eigenvalue weighted by Gasteiger charge is -2.29. The predicted octanol–water partition coefficient (Wildman–Crippen LogP) is 4.01. The third-order valence-electron chi connectivity index (χ3n) is 2.92. The Hall–Kier alpha value is -0.720. The van der Waals surface area contributed by atoms with Crippen molar-refractivity contribution in [3.63, 3.8) is 0 Å². The first-order valence-electron chi connectivity index (χ1n) is 6.14. The fraction of sp³-hybridized carbons (Fsp3) is 0.500. The number of benzene rings is 1. The maximum Gasteiger partial charge on any atom is 0.111 e. The molecule has 1 aromatic rings. The quantitative estimate of drug-likeness (QED) is 0.655. The maximum atomic E-state index is 5.99. The molecule has 1 heterocycles. The van der Waals surface area contributed by atoms with Gasteiger partial charge in [0.1, 0.15) is 5.37 Å². The van der Waals surface area contributed by atoms with Crippen molar-refractivity contribution in [1.29, 1.82) is 0 Å². The van der Waals surface area contributed by atoms with E-state index in [2.05, 4.69) is 28.8 Å². The molecule has 2 unspecified atom stereocenters. The zero-order valence-corrected chi connectivity index (χ0v) is 12.0. The molecule has 0 amide bonds. The third kappa shape index (κ3) is 3.63. The Morgan fingerprint density at radius 3 is 2.89 bits per heavy atom. The van der Waals surface area contributed by atoms with Crippen LogP contribution in [-0.4, -0.2) is 11.4 Å². The van der Waals surface area contributed by atoms with Crippen LogP contribution in [0.5, 0.6) is 0 Å². The molecule has 1 aliphatic heterocycles. The second-order valence-electron chi connectivity index (χ2n) is 4.22. The summed E-state index contributed by atoms with van der Waals surface area (Å²) in [5.41, 5.74) is 7.07. The van der Waals surface area contributed by atoms with Gasteiger partial charge in [0.05, 0.1) is 16.7 Å². The fourth-order valence-corrected chi connectivity index (χ4v) is 3.51. The molecular weight excluding hydrogens is 264 g/mol. The molecule has 0 radical (unpaired) electrons. The highest BCUT2D eigenvalue weighted by molar-refractivity contribution is 8.76. The number of anilines is 1. The van der Waals surface area contributed by atoms with Gasteiger partial charge in [0, 0.05) is 6.04 Å². The monoisotopic (exact) mass is 282 g/mol. The molecule has 1 aromatic carbocycles. The SMILES string of the molecule is CCC(N)CCC1SSN=NN1c1ccccc1. The molecular formula is C12H18N4S2. The van der Waals surface area contributed by atoms with Gasteiger partial charge < -0.3 is 5.73 Å². The van der Waals surface area contributed by atoms with E-state index in [0.717, 1.165) is 24.9 Å². The molecule has 98 valence electrons. The highest BCUT2D eigenvalue weighted by Gasteiger charge is 2.23. The summed E-state index contributed by atoms with van der Waals surface area (Å²) < 4.78 is 4.03. The Kier molecular flexibility index (Phi) is 5.34. The Bertz CT molecular complexity index is 385. The zero-order valence-electron chi connectivity index (χ0n) is 10.4. The first-order chi connectivity index (χ1) is 8.81. The minimum Gasteiger partial charge on any atom is -0.328 e. The van der Waals surface area contributed by atoms with Gasteiger partial charge in [-0.2, -0.15) is 0 Å². The van der Waals surface area contributed by atoms with Gasteiger partial charge in [-0.25, -0.2) is 5.01 Å². The Labute approximate surface area is 116 Å². The Balaban J connectivity index is 2.02. The molecule has 0 saturated heterocycles. The van der Waals surface area contributed by atoms with Gasteiger partial charge in [-0.05, 0) is 42.2 Å². The van der Waals surface area contributed by atoms with Gasteiger partial charge in [-0.15, -0.1) is 0 Å². The highest BCUT2D eigenvalue weighted by Crippen LogP contribution is 2.39. The average molecular weight is 282 g/mol. The molecule has 4 nitrogen and oxygen atoms in total. The highest BCUT2D eigenvalue weighted by atomic mass is 33.1. The van der Waals surface area contributed by atoms with Crippen LogP contribution < -0.4 is 10.7 Å². The van der Waals surface area contributed by atoms with Crippen LogP contribution in [0, 0.1) is 0 Å². The molecule has 0 saturated carbocycles. The van der Waals surface area contributed by atoms with Crippen molar-refractivity contribution in [2.24, 2.45) is 15.5 Å². The molecule has 1 aliphatic rings. The number of rotatable bonds is 5. The van der Waals surface area contributed by atoms with E-state index in [1.807, 2.05) is 23.2 Å². The topological polar surface area (TPSA) is 54.0 Å². The summed E-state index contributed by atoms with van der Waals surface area (Å²) >= 11 is 0. The zero-order chi connectivity index (χ0) is 12.8. The van der Waals surface area contributed by atoms with Crippen LogP contribution in [0.1, 0.15) is 26.2 Å². The summed E-state index contributed by atoms with van der Waals surface area (Å²) in [7, 11) is 3.20. The molecule has 0 aromatic heterocycles. The van der Waals surface area contributed by atoms with Crippen molar-refractivity contribution in [1.82, 2.24) is 0 Å². The van der Waals surface area contributed by atoms with Crippen LogP contribution in [-0.2, 0) is 0 Å². The van der Waals surface area contributed by atoms with E-state index >= 15 is 0 Å². The van der Waals surface area contributed by atoms with Crippen molar-refractivity contribution in [3.8, 4) is 0 Å². The molecule has 0 spiro atoms. The summed E-state index contributed by atoms with van der Waals surface area (Å²) in [6.07, 6.45) is 3.07. The lowest BCUT2D eigenvalue weighted by atomic mass is 10.1. The van der Waals surface area contributed by atoms with Crippen molar-refractivity contribution in [3.05, 3.63) is 30.3 Å². The average Bonchev–Trinajstić information content (AvgIpc) is 2.46. The maximum absolute atomic E-state index is 5.99. The van der Waals surface area contributed by atoms with E-state index in [0.29, 0.717) is 5.37 Å². The lowest BCUT2D eigenvalue weighted by Crippen LogP contribution is -2.30. The number of nitrogens with two attached hydrogens (primary N) is 1. The first-order valence-corrected chi connectivity index (χ1v) is 8.31. The van der Waals surface area contributed by atoms with Gasteiger partial charge >= 0.3 is 0 Å². The summed E-state index contributed by atoms with van der Waals surface area (Å²) in [5.74, 6) is 0. The summed E-state index contributed by atoms with van der Waals surface area (Å²) in [6.45, 7) is 2.13. The summed E-state index contributed by atoms with van der Waals surface area (Å²) in [4.78, 5) is 0. The van der Waals surface area contributed by atoms with Crippen LogP contribution in [0.15, 0.2) is 40.1 Å². The molecule has 2 rings (SSSR count). The van der Waals surface area contributed by atoms with Crippen LogP contribution in [0.25, 0.3) is 0 Å². The standard InChI is InChI=1S/C12H18N4S2/c1-2-10(13)8-9-12-16(14-15-18-17-12)11-6-4-3-5-7-11/h3-7,10,12H,2,8-9,13H2,1H3. The van der Waals surface area contributed by atoms with Crippen LogP contribution in [0.3, 0.4) is 0 Å². The van der Waals surface area contributed by atoms with E-state index in [1.54, 1.807) is 10.8 Å². The Morgan fingerprint density at radius 2 is 2.17 bits per heavy atom. The molecule has 18 heavy (non-hydrogen) atoms. The molecule has 0 bridgehead atoms. The number of para-hydroxylation sites is 1. The predicted molar refractivity (Wildman–Crippen MR) is 80.2 cm³/mol. The number of hydrogen-bond donors (Lipinski definition) is 1. The van der Waals surface area contributed by atoms with Gasteiger partial charge in [-0.1, -0.05) is 34.9 Å². The molecule has 0 aliphatic carbocycles. The molecule has 0 fully saturated rings. The summed E-state index contributed by atoms with van der Waals surface area (Å²) in [5, 5.41) is 6.55. The van der Waals surface area contributed by atoms with Crippen molar-refractivity contribution < 1.29 is 0 Å². The Morgan fingerprint density at radius 1 is 1.39 bits per heavy atom. The van der Waals surface area contributed by atoms with Gasteiger partial charge in [-0.3, -0.25) is 0 Å². The van der Waals surface area contributed by atoms with E-state index in [4.69, 9.17) is 5.73 Å². The van der Waals surface area contributed by atoms with Gasteiger partial charge in [0.2, 0.25) is 0 Å². The number of nitrogens with zero attached hydrogens (tertiary/aromatic N) is 3. The smallest absolute Gasteiger partial charge is 0.111 e. The minimum absolute atomic E-state index is 0.284. The van der Waals surface area contributed by atoms with Crippen LogP contribution in [0.4, 0.5) is 5.69 Å². The molecule has 6 heteroatoms. The van der Waals surface area contributed by atoms with E-state index < -0.39 is 0 Å².